The van der Waals surface area contributed by atoms with Crippen molar-refractivity contribution in [1.29, 1.82) is 0 Å². The van der Waals surface area contributed by atoms with Crippen LogP contribution in [0.5, 0.6) is 0 Å². The van der Waals surface area contributed by atoms with Crippen molar-refractivity contribution in [3.63, 3.8) is 0 Å². The molecule has 2 N–H and O–H groups in total. The largest absolute Gasteiger partial charge is 0.364 e. The van der Waals surface area contributed by atoms with Crippen LogP contribution in [-0.2, 0) is 0 Å². The number of aryl methyl sites for hydroxylation is 1. The number of aromatic amines is 1. The number of aromatic nitrogens is 1. The second kappa shape index (κ2) is 6.23. The fourth-order valence-electron chi connectivity index (χ4n) is 1.66. The molecule has 0 saturated heterocycles. The first-order valence-electron chi connectivity index (χ1n) is 6.06. The molecule has 0 unspecified atom stereocenters. The van der Waals surface area contributed by atoms with E-state index in [-0.39, 0.29) is 16.9 Å². The SMILES string of the molecule is CCC(CC)CNC(=O)c1c[nH]c(C)cc1=O. The third kappa shape index (κ3) is 3.73. The highest BCUT2D eigenvalue weighted by Crippen LogP contribution is 2.05. The van der Waals surface area contributed by atoms with E-state index in [0.717, 1.165) is 18.5 Å². The van der Waals surface area contributed by atoms with E-state index in [1.807, 2.05) is 0 Å². The highest BCUT2D eigenvalue weighted by molar-refractivity contribution is 5.93. The topological polar surface area (TPSA) is 62.0 Å². The molecule has 0 fully saturated rings. The molecule has 1 heterocycles. The Balaban J connectivity index is 2.67. The summed E-state index contributed by atoms with van der Waals surface area (Å²) in [5, 5.41) is 2.80. The molecule has 94 valence electrons. The third-order valence-electron chi connectivity index (χ3n) is 3.01. The van der Waals surface area contributed by atoms with Crippen molar-refractivity contribution in [3.05, 3.63) is 33.7 Å². The zero-order valence-electron chi connectivity index (χ0n) is 10.7. The molecular formula is C13H20N2O2. The number of nitrogens with one attached hydrogen (secondary N) is 2. The van der Waals surface area contributed by atoms with Crippen molar-refractivity contribution in [2.45, 2.75) is 33.6 Å². The summed E-state index contributed by atoms with van der Waals surface area (Å²) < 4.78 is 0. The van der Waals surface area contributed by atoms with Gasteiger partial charge < -0.3 is 10.3 Å². The molecular weight excluding hydrogens is 216 g/mol. The minimum absolute atomic E-state index is 0.182. The van der Waals surface area contributed by atoms with Crippen LogP contribution in [0.3, 0.4) is 0 Å². The Morgan fingerprint density at radius 1 is 1.41 bits per heavy atom. The van der Waals surface area contributed by atoms with Crippen molar-refractivity contribution in [2.24, 2.45) is 5.92 Å². The standard InChI is InChI=1S/C13H20N2O2/c1-4-10(5-2)7-15-13(17)11-8-14-9(3)6-12(11)16/h6,8,10H,4-5,7H2,1-3H3,(H,14,16)(H,15,17). The smallest absolute Gasteiger partial charge is 0.256 e. The number of carbonyl (C=O) groups is 1. The number of carbonyl (C=O) groups excluding carboxylic acids is 1. The molecule has 4 nitrogen and oxygen atoms in total. The second-order valence-corrected chi connectivity index (χ2v) is 4.29. The first kappa shape index (κ1) is 13.5. The van der Waals surface area contributed by atoms with Gasteiger partial charge in [0.15, 0.2) is 5.43 Å². The van der Waals surface area contributed by atoms with E-state index in [1.165, 1.54) is 12.3 Å². The molecule has 0 spiro atoms. The molecule has 0 bridgehead atoms. The molecule has 17 heavy (non-hydrogen) atoms. The number of amides is 1. The molecule has 0 aliphatic carbocycles. The average molecular weight is 236 g/mol. The summed E-state index contributed by atoms with van der Waals surface area (Å²) in [6, 6.07) is 1.44. The Morgan fingerprint density at radius 3 is 2.59 bits per heavy atom. The van der Waals surface area contributed by atoms with Crippen LogP contribution >= 0.6 is 0 Å². The molecule has 0 aliphatic rings. The van der Waals surface area contributed by atoms with E-state index < -0.39 is 0 Å². The van der Waals surface area contributed by atoms with Gasteiger partial charge in [0.25, 0.3) is 5.91 Å². The summed E-state index contributed by atoms with van der Waals surface area (Å²) in [6.07, 6.45) is 3.53. The molecule has 1 amide bonds. The van der Waals surface area contributed by atoms with E-state index in [2.05, 4.69) is 24.1 Å². The summed E-state index contributed by atoms with van der Waals surface area (Å²) in [5.41, 5.74) is 0.705. The van der Waals surface area contributed by atoms with Gasteiger partial charge in [0, 0.05) is 24.5 Å². The lowest BCUT2D eigenvalue weighted by atomic mass is 10.0. The molecule has 0 aliphatic heterocycles. The maximum atomic E-state index is 11.8. The fourth-order valence-corrected chi connectivity index (χ4v) is 1.66. The quantitative estimate of drug-likeness (QED) is 0.819. The lowest BCUT2D eigenvalue weighted by Gasteiger charge is -2.12. The summed E-state index contributed by atoms with van der Waals surface area (Å²) in [5.74, 6) is 0.182. The van der Waals surface area contributed by atoms with Crippen LogP contribution in [0.15, 0.2) is 17.1 Å². The minimum Gasteiger partial charge on any atom is -0.364 e. The van der Waals surface area contributed by atoms with Gasteiger partial charge in [0.2, 0.25) is 0 Å². The van der Waals surface area contributed by atoms with Gasteiger partial charge in [-0.25, -0.2) is 0 Å². The van der Waals surface area contributed by atoms with Gasteiger partial charge in [-0.15, -0.1) is 0 Å². The first-order chi connectivity index (χ1) is 8.08. The van der Waals surface area contributed by atoms with Gasteiger partial charge in [-0.3, -0.25) is 9.59 Å². The predicted molar refractivity (Wildman–Crippen MR) is 68.2 cm³/mol. The third-order valence-corrected chi connectivity index (χ3v) is 3.01. The van der Waals surface area contributed by atoms with E-state index in [9.17, 15) is 9.59 Å². The van der Waals surface area contributed by atoms with Crippen LogP contribution in [-0.4, -0.2) is 17.4 Å². The molecule has 0 radical (unpaired) electrons. The van der Waals surface area contributed by atoms with Crippen LogP contribution in [0.25, 0.3) is 0 Å². The van der Waals surface area contributed by atoms with Gasteiger partial charge in [0.1, 0.15) is 5.56 Å². The second-order valence-electron chi connectivity index (χ2n) is 4.29. The van der Waals surface area contributed by atoms with E-state index in [4.69, 9.17) is 0 Å². The Labute approximate surface area is 101 Å². The van der Waals surface area contributed by atoms with Gasteiger partial charge in [-0.05, 0) is 12.8 Å². The van der Waals surface area contributed by atoms with E-state index in [0.29, 0.717) is 12.5 Å². The molecule has 1 rings (SSSR count). The van der Waals surface area contributed by atoms with Crippen LogP contribution in [0.2, 0.25) is 0 Å². The summed E-state index contributed by atoms with van der Waals surface area (Å²) in [6.45, 7) is 6.60. The van der Waals surface area contributed by atoms with Gasteiger partial charge in [0.05, 0.1) is 0 Å². The van der Waals surface area contributed by atoms with E-state index >= 15 is 0 Å². The predicted octanol–water partition coefficient (Wildman–Crippen LogP) is 1.85. The Kier molecular flexibility index (Phi) is 4.94. The van der Waals surface area contributed by atoms with Crippen molar-refractivity contribution in [1.82, 2.24) is 10.3 Å². The number of rotatable bonds is 5. The first-order valence-corrected chi connectivity index (χ1v) is 6.06. The number of H-pyrrole nitrogens is 1. The summed E-state index contributed by atoms with van der Waals surface area (Å²) >= 11 is 0. The zero-order valence-corrected chi connectivity index (χ0v) is 10.7. The molecule has 4 heteroatoms. The average Bonchev–Trinajstić information content (AvgIpc) is 2.30. The Morgan fingerprint density at radius 2 is 2.06 bits per heavy atom. The van der Waals surface area contributed by atoms with Crippen molar-refractivity contribution in [3.8, 4) is 0 Å². The molecule has 0 saturated carbocycles. The number of hydrogen-bond acceptors (Lipinski definition) is 2. The molecule has 0 aromatic carbocycles. The van der Waals surface area contributed by atoms with Crippen LogP contribution in [0.4, 0.5) is 0 Å². The Hall–Kier alpha value is -1.58. The van der Waals surface area contributed by atoms with Crippen LogP contribution in [0.1, 0.15) is 42.7 Å². The highest BCUT2D eigenvalue weighted by atomic mass is 16.2. The maximum Gasteiger partial charge on any atom is 0.256 e. The molecule has 0 atom stereocenters. The van der Waals surface area contributed by atoms with Crippen molar-refractivity contribution < 1.29 is 4.79 Å². The monoisotopic (exact) mass is 236 g/mol. The fraction of sp³-hybridized carbons (Fsp3) is 0.538. The lowest BCUT2D eigenvalue weighted by molar-refractivity contribution is 0.0945. The minimum atomic E-state index is -0.293. The molecule has 1 aromatic heterocycles. The Bertz CT molecular complexity index is 433. The van der Waals surface area contributed by atoms with Crippen LogP contribution in [0, 0.1) is 12.8 Å². The summed E-state index contributed by atoms with van der Waals surface area (Å²) in [7, 11) is 0. The van der Waals surface area contributed by atoms with Crippen LogP contribution < -0.4 is 10.7 Å². The molecule has 1 aromatic rings. The van der Waals surface area contributed by atoms with Gasteiger partial charge >= 0.3 is 0 Å². The maximum absolute atomic E-state index is 11.8. The normalized spacial score (nSPS) is 10.6. The summed E-state index contributed by atoms with van der Waals surface area (Å²) in [4.78, 5) is 26.2. The van der Waals surface area contributed by atoms with Crippen molar-refractivity contribution in [2.75, 3.05) is 6.54 Å². The number of pyridine rings is 1. The number of hydrogen-bond donors (Lipinski definition) is 2. The van der Waals surface area contributed by atoms with Gasteiger partial charge in [-0.1, -0.05) is 26.7 Å². The lowest BCUT2D eigenvalue weighted by Crippen LogP contribution is -2.32. The van der Waals surface area contributed by atoms with Crippen molar-refractivity contribution >= 4 is 5.91 Å². The zero-order chi connectivity index (χ0) is 12.8. The van der Waals surface area contributed by atoms with Gasteiger partial charge in [-0.2, -0.15) is 0 Å². The van der Waals surface area contributed by atoms with E-state index in [1.54, 1.807) is 6.92 Å². The highest BCUT2D eigenvalue weighted by Gasteiger charge is 2.11.